The predicted molar refractivity (Wildman–Crippen MR) is 38.0 cm³/mol. The van der Waals surface area contributed by atoms with E-state index in [1.54, 1.807) is 5.57 Å². The molecule has 1 aliphatic carbocycles. The Morgan fingerprint density at radius 3 is 2.78 bits per heavy atom. The molecule has 1 N–H and O–H groups in total. The number of nitrogens with one attached hydrogen (secondary N) is 1. The van der Waals surface area contributed by atoms with Gasteiger partial charge in [0.1, 0.15) is 0 Å². The fraction of sp³-hybridized carbons (Fsp3) is 0.500. The minimum absolute atomic E-state index is 1.14. The van der Waals surface area contributed by atoms with Crippen LogP contribution in [-0.4, -0.2) is 6.54 Å². The first-order valence-electron chi connectivity index (χ1n) is 3.49. The molecule has 0 radical (unpaired) electrons. The maximum absolute atomic E-state index is 3.28. The summed E-state index contributed by atoms with van der Waals surface area (Å²) in [5.41, 5.74) is 4.54. The van der Waals surface area contributed by atoms with Crippen LogP contribution in [0.1, 0.15) is 19.8 Å². The van der Waals surface area contributed by atoms with Crippen LogP contribution in [0.4, 0.5) is 0 Å². The molecule has 2 rings (SSSR count). The van der Waals surface area contributed by atoms with Crippen LogP contribution in [0.2, 0.25) is 0 Å². The first kappa shape index (κ1) is 5.10. The van der Waals surface area contributed by atoms with Crippen molar-refractivity contribution < 1.29 is 0 Å². The summed E-state index contributed by atoms with van der Waals surface area (Å²) in [6, 6.07) is 0. The molecule has 0 unspecified atom stereocenters. The summed E-state index contributed by atoms with van der Waals surface area (Å²) in [5, 5.41) is 3.28. The minimum atomic E-state index is 1.14. The molecule has 0 saturated carbocycles. The fourth-order valence-electron chi connectivity index (χ4n) is 1.36. The van der Waals surface area contributed by atoms with Gasteiger partial charge in [0, 0.05) is 12.2 Å². The second-order valence-corrected chi connectivity index (χ2v) is 2.86. The molecule has 0 spiro atoms. The lowest BCUT2D eigenvalue weighted by atomic mass is 9.92. The van der Waals surface area contributed by atoms with Crippen LogP contribution >= 0.6 is 0 Å². The normalized spacial score (nSPS) is 23.9. The minimum Gasteiger partial charge on any atom is -0.381 e. The quantitative estimate of drug-likeness (QED) is 0.513. The number of allylic oxidation sites excluding steroid dienone is 2. The van der Waals surface area contributed by atoms with Gasteiger partial charge < -0.3 is 5.32 Å². The molecule has 0 amide bonds. The third-order valence-corrected chi connectivity index (χ3v) is 2.08. The Morgan fingerprint density at radius 2 is 2.33 bits per heavy atom. The highest BCUT2D eigenvalue weighted by Crippen LogP contribution is 2.26. The summed E-state index contributed by atoms with van der Waals surface area (Å²) in [4.78, 5) is 0. The lowest BCUT2D eigenvalue weighted by molar-refractivity contribution is 0.693. The highest BCUT2D eigenvalue weighted by atomic mass is 14.9. The Balaban J connectivity index is 2.30. The second-order valence-electron chi connectivity index (χ2n) is 2.86. The maximum atomic E-state index is 3.28. The molecular weight excluding hydrogens is 110 g/mol. The summed E-state index contributed by atoms with van der Waals surface area (Å²) < 4.78 is 0. The van der Waals surface area contributed by atoms with E-state index in [1.807, 2.05) is 0 Å². The van der Waals surface area contributed by atoms with E-state index in [1.165, 1.54) is 24.1 Å². The Kier molecular flexibility index (Phi) is 0.922. The summed E-state index contributed by atoms with van der Waals surface area (Å²) in [6.07, 6.45) is 4.84. The number of rotatable bonds is 0. The first-order valence-corrected chi connectivity index (χ1v) is 3.49. The molecule has 0 atom stereocenters. The molecule has 9 heavy (non-hydrogen) atoms. The van der Waals surface area contributed by atoms with E-state index < -0.39 is 0 Å². The first-order chi connectivity index (χ1) is 4.36. The molecule has 0 aromatic carbocycles. The van der Waals surface area contributed by atoms with Crippen molar-refractivity contribution >= 4 is 0 Å². The van der Waals surface area contributed by atoms with E-state index in [2.05, 4.69) is 18.3 Å². The van der Waals surface area contributed by atoms with Crippen LogP contribution in [0.3, 0.4) is 0 Å². The molecule has 0 saturated heterocycles. The molecule has 1 aliphatic heterocycles. The van der Waals surface area contributed by atoms with Crippen LogP contribution in [0, 0.1) is 0 Å². The zero-order chi connectivity index (χ0) is 6.27. The van der Waals surface area contributed by atoms with Crippen molar-refractivity contribution in [3.8, 4) is 0 Å². The monoisotopic (exact) mass is 121 g/mol. The number of hydrogen-bond acceptors (Lipinski definition) is 1. The van der Waals surface area contributed by atoms with Crippen LogP contribution in [-0.2, 0) is 0 Å². The van der Waals surface area contributed by atoms with Gasteiger partial charge in [-0.1, -0.05) is 5.57 Å². The van der Waals surface area contributed by atoms with Crippen LogP contribution < -0.4 is 5.32 Å². The summed E-state index contributed by atoms with van der Waals surface area (Å²) in [5.74, 6) is 0. The molecule has 1 nitrogen and oxygen atoms in total. The van der Waals surface area contributed by atoms with Gasteiger partial charge in [-0.05, 0) is 31.4 Å². The van der Waals surface area contributed by atoms with Crippen molar-refractivity contribution in [3.63, 3.8) is 0 Å². The molecule has 0 bridgehead atoms. The molecule has 1 heterocycles. The zero-order valence-corrected chi connectivity index (χ0v) is 5.70. The highest BCUT2D eigenvalue weighted by Gasteiger charge is 2.17. The third-order valence-electron chi connectivity index (χ3n) is 2.08. The molecular formula is C8H11N. The van der Waals surface area contributed by atoms with Gasteiger partial charge in [0.15, 0.2) is 0 Å². The molecule has 1 heteroatoms. The Morgan fingerprint density at radius 1 is 1.44 bits per heavy atom. The topological polar surface area (TPSA) is 12.0 Å². The standard InChI is InChI=1S/C8H11N/c1-6-2-3-7-5-9-8(7)4-6/h4,9H,2-3,5H2,1H3. The van der Waals surface area contributed by atoms with Crippen molar-refractivity contribution in [1.82, 2.24) is 5.32 Å². The second kappa shape index (κ2) is 1.63. The average Bonchev–Trinajstić information content (AvgIpc) is 1.78. The van der Waals surface area contributed by atoms with Gasteiger partial charge in [0.2, 0.25) is 0 Å². The van der Waals surface area contributed by atoms with Gasteiger partial charge >= 0.3 is 0 Å². The van der Waals surface area contributed by atoms with Crippen molar-refractivity contribution in [2.75, 3.05) is 6.54 Å². The van der Waals surface area contributed by atoms with E-state index >= 15 is 0 Å². The highest BCUT2D eigenvalue weighted by molar-refractivity contribution is 5.38. The summed E-state index contributed by atoms with van der Waals surface area (Å²) in [7, 11) is 0. The van der Waals surface area contributed by atoms with Gasteiger partial charge in [-0.2, -0.15) is 0 Å². The largest absolute Gasteiger partial charge is 0.381 e. The molecule has 0 aromatic heterocycles. The summed E-state index contributed by atoms with van der Waals surface area (Å²) >= 11 is 0. The Bertz CT molecular complexity index is 199. The van der Waals surface area contributed by atoms with Gasteiger partial charge in [0.25, 0.3) is 0 Å². The fourth-order valence-corrected chi connectivity index (χ4v) is 1.36. The smallest absolute Gasteiger partial charge is 0.0383 e. The van der Waals surface area contributed by atoms with E-state index in [4.69, 9.17) is 0 Å². The van der Waals surface area contributed by atoms with Crippen molar-refractivity contribution in [2.24, 2.45) is 0 Å². The average molecular weight is 121 g/mol. The van der Waals surface area contributed by atoms with Crippen molar-refractivity contribution in [1.29, 1.82) is 0 Å². The van der Waals surface area contributed by atoms with Gasteiger partial charge in [-0.25, -0.2) is 0 Å². The Hall–Kier alpha value is -0.720. The molecule has 48 valence electrons. The Labute approximate surface area is 55.5 Å². The van der Waals surface area contributed by atoms with Gasteiger partial charge in [-0.3, -0.25) is 0 Å². The predicted octanol–water partition coefficient (Wildman–Crippen LogP) is 1.58. The van der Waals surface area contributed by atoms with E-state index in [0.29, 0.717) is 0 Å². The van der Waals surface area contributed by atoms with E-state index in [9.17, 15) is 0 Å². The SMILES string of the molecule is CC1=CC2=C(CC1)CN2. The van der Waals surface area contributed by atoms with E-state index in [-0.39, 0.29) is 0 Å². The van der Waals surface area contributed by atoms with Crippen molar-refractivity contribution in [3.05, 3.63) is 22.9 Å². The van der Waals surface area contributed by atoms with Crippen molar-refractivity contribution in [2.45, 2.75) is 19.8 Å². The van der Waals surface area contributed by atoms with E-state index in [0.717, 1.165) is 6.54 Å². The lowest BCUT2D eigenvalue weighted by Crippen LogP contribution is -2.30. The lowest BCUT2D eigenvalue weighted by Gasteiger charge is -2.28. The van der Waals surface area contributed by atoms with Crippen LogP contribution in [0.25, 0.3) is 0 Å². The summed E-state index contributed by atoms with van der Waals surface area (Å²) in [6.45, 7) is 3.34. The molecule has 2 aliphatic rings. The van der Waals surface area contributed by atoms with Crippen LogP contribution in [0.15, 0.2) is 22.9 Å². The van der Waals surface area contributed by atoms with Crippen LogP contribution in [0.5, 0.6) is 0 Å². The maximum Gasteiger partial charge on any atom is 0.0383 e. The zero-order valence-electron chi connectivity index (χ0n) is 5.70. The van der Waals surface area contributed by atoms with Gasteiger partial charge in [-0.15, -0.1) is 0 Å². The molecule has 0 aromatic rings. The van der Waals surface area contributed by atoms with Gasteiger partial charge in [0.05, 0.1) is 0 Å². The molecule has 0 fully saturated rings. The third kappa shape index (κ3) is 0.680. The number of hydrogen-bond donors (Lipinski definition) is 1.